The Balaban J connectivity index is 1.95. The Morgan fingerprint density at radius 2 is 1.08 bits per heavy atom. The summed E-state index contributed by atoms with van der Waals surface area (Å²) in [5, 5.41) is 0. The van der Waals surface area contributed by atoms with Crippen LogP contribution in [0.5, 0.6) is 34.5 Å². The Bertz CT molecular complexity index is 1270. The summed E-state index contributed by atoms with van der Waals surface area (Å²) in [5.41, 5.74) is 1.73. The number of hydrogen-bond acceptors (Lipinski definition) is 8. The van der Waals surface area contributed by atoms with Crippen molar-refractivity contribution < 1.29 is 38.0 Å². The molecule has 3 aromatic carbocycles. The molecule has 0 aliphatic carbocycles. The smallest absolute Gasteiger partial charge is 0.203 e. The molecule has 3 rings (SSSR count). The van der Waals surface area contributed by atoms with Crippen LogP contribution in [0.1, 0.15) is 31.8 Å². The Morgan fingerprint density at radius 3 is 1.64 bits per heavy atom. The maximum absolute atomic E-state index is 13.3. The van der Waals surface area contributed by atoms with Crippen molar-refractivity contribution in [3.05, 3.63) is 76.9 Å². The summed E-state index contributed by atoms with van der Waals surface area (Å²) in [6.45, 7) is 0. The molecule has 8 nitrogen and oxygen atoms in total. The van der Waals surface area contributed by atoms with E-state index >= 15 is 0 Å². The summed E-state index contributed by atoms with van der Waals surface area (Å²) < 4.78 is 32.0. The number of carbonyl (C=O) groups is 2. The molecule has 8 heteroatoms. The average Bonchev–Trinajstić information content (AvgIpc) is 2.93. The lowest BCUT2D eigenvalue weighted by Gasteiger charge is -2.14. The number of hydrogen-bond donors (Lipinski definition) is 0. The molecule has 0 bridgehead atoms. The quantitative estimate of drug-likeness (QED) is 0.277. The fourth-order valence-corrected chi connectivity index (χ4v) is 3.64. The van der Waals surface area contributed by atoms with Crippen LogP contribution in [0.2, 0.25) is 0 Å². The van der Waals surface area contributed by atoms with Gasteiger partial charge < -0.3 is 28.4 Å². The van der Waals surface area contributed by atoms with Crippen LogP contribution in [0.15, 0.2) is 54.6 Å². The highest BCUT2D eigenvalue weighted by Crippen LogP contribution is 2.39. The predicted molar refractivity (Wildman–Crippen MR) is 135 cm³/mol. The first-order valence-electron chi connectivity index (χ1n) is 10.9. The molecule has 0 heterocycles. The minimum atomic E-state index is -0.266. The van der Waals surface area contributed by atoms with Crippen molar-refractivity contribution in [1.82, 2.24) is 0 Å². The topological polar surface area (TPSA) is 89.5 Å². The molecule has 0 N–H and O–H groups in total. The Morgan fingerprint density at radius 1 is 0.556 bits per heavy atom. The SMILES string of the molecule is COc1ccc(C(=O)c2cc(OC)c(OC)c(OC)c2)cc1/C=C/C(=O)c1ccc(OC)c(OC)c1. The highest BCUT2D eigenvalue weighted by atomic mass is 16.5. The zero-order valence-corrected chi connectivity index (χ0v) is 21.0. The van der Waals surface area contributed by atoms with Gasteiger partial charge in [0.2, 0.25) is 5.75 Å². The number of rotatable bonds is 11. The standard InChI is InChI=1S/C28H28O8/c1-31-22-11-9-19(27(30)20-15-25(34-4)28(36-6)26(16-20)35-5)13-18(22)7-10-21(29)17-8-12-23(32-2)24(14-17)33-3/h7-16H,1-6H3/b10-7+. The fourth-order valence-electron chi connectivity index (χ4n) is 3.64. The number of ketones is 2. The van der Waals surface area contributed by atoms with Crippen molar-refractivity contribution in [3.8, 4) is 34.5 Å². The van der Waals surface area contributed by atoms with Gasteiger partial charge in [0.15, 0.2) is 34.6 Å². The summed E-state index contributed by atoms with van der Waals surface area (Å²) in [6, 6.07) is 13.1. The van der Waals surface area contributed by atoms with E-state index in [-0.39, 0.29) is 11.6 Å². The van der Waals surface area contributed by atoms with E-state index in [2.05, 4.69) is 0 Å². The summed E-state index contributed by atoms with van der Waals surface area (Å²) in [5.74, 6) is 2.10. The summed E-state index contributed by atoms with van der Waals surface area (Å²) in [7, 11) is 9.01. The largest absolute Gasteiger partial charge is 0.496 e. The number of carbonyl (C=O) groups excluding carboxylic acids is 2. The van der Waals surface area contributed by atoms with Crippen LogP contribution in [-0.4, -0.2) is 54.2 Å². The van der Waals surface area contributed by atoms with Gasteiger partial charge in [0.1, 0.15) is 5.75 Å². The molecule has 0 aliphatic rings. The Labute approximate surface area is 210 Å². The summed E-state index contributed by atoms with van der Waals surface area (Å²) >= 11 is 0. The van der Waals surface area contributed by atoms with Gasteiger partial charge >= 0.3 is 0 Å². The second-order valence-electron chi connectivity index (χ2n) is 7.47. The minimum absolute atomic E-state index is 0.251. The zero-order chi connectivity index (χ0) is 26.2. The van der Waals surface area contributed by atoms with Crippen LogP contribution in [0.4, 0.5) is 0 Å². The van der Waals surface area contributed by atoms with Gasteiger partial charge in [0, 0.05) is 22.3 Å². The Kier molecular flexibility index (Phi) is 8.57. The van der Waals surface area contributed by atoms with Crippen LogP contribution < -0.4 is 28.4 Å². The molecule has 0 saturated carbocycles. The summed E-state index contributed by atoms with van der Waals surface area (Å²) in [4.78, 5) is 26.1. The van der Waals surface area contributed by atoms with Crippen molar-refractivity contribution >= 4 is 17.6 Å². The van der Waals surface area contributed by atoms with Gasteiger partial charge in [-0.2, -0.15) is 0 Å². The summed E-state index contributed by atoms with van der Waals surface area (Å²) in [6.07, 6.45) is 3.01. The van der Waals surface area contributed by atoms with Gasteiger partial charge in [-0.15, -0.1) is 0 Å². The number of methoxy groups -OCH3 is 6. The van der Waals surface area contributed by atoms with Crippen molar-refractivity contribution in [2.45, 2.75) is 0 Å². The molecule has 36 heavy (non-hydrogen) atoms. The van der Waals surface area contributed by atoms with E-state index in [1.807, 2.05) is 0 Å². The van der Waals surface area contributed by atoms with Gasteiger partial charge in [0.05, 0.1) is 42.7 Å². The molecule has 0 aromatic heterocycles. The van der Waals surface area contributed by atoms with Crippen molar-refractivity contribution in [2.24, 2.45) is 0 Å². The van der Waals surface area contributed by atoms with E-state index in [1.165, 1.54) is 48.7 Å². The van der Waals surface area contributed by atoms with Crippen molar-refractivity contribution in [3.63, 3.8) is 0 Å². The second kappa shape index (κ2) is 11.8. The molecule has 0 atom stereocenters. The maximum Gasteiger partial charge on any atom is 0.203 e. The molecule has 0 amide bonds. The monoisotopic (exact) mass is 492 g/mol. The first kappa shape index (κ1) is 26.2. The molecule has 0 unspecified atom stereocenters. The number of ether oxygens (including phenoxy) is 6. The van der Waals surface area contributed by atoms with Crippen LogP contribution in [0.3, 0.4) is 0 Å². The fraction of sp³-hybridized carbons (Fsp3) is 0.214. The third-order valence-corrected chi connectivity index (χ3v) is 5.50. The maximum atomic E-state index is 13.3. The molecule has 188 valence electrons. The van der Waals surface area contributed by atoms with Gasteiger partial charge in [-0.1, -0.05) is 0 Å². The van der Waals surface area contributed by atoms with Gasteiger partial charge in [0.25, 0.3) is 0 Å². The normalized spacial score (nSPS) is 10.6. The second-order valence-corrected chi connectivity index (χ2v) is 7.47. The number of benzene rings is 3. The molecule has 0 fully saturated rings. The molecule has 0 saturated heterocycles. The lowest BCUT2D eigenvalue weighted by molar-refractivity contribution is 0.103. The van der Waals surface area contributed by atoms with Crippen LogP contribution in [0.25, 0.3) is 6.08 Å². The third kappa shape index (κ3) is 5.43. The average molecular weight is 493 g/mol. The molecule has 0 aliphatic heterocycles. The van der Waals surface area contributed by atoms with E-state index in [1.54, 1.807) is 54.6 Å². The Hall–Kier alpha value is -4.46. The van der Waals surface area contributed by atoms with E-state index in [0.29, 0.717) is 56.8 Å². The van der Waals surface area contributed by atoms with E-state index < -0.39 is 0 Å². The molecule has 3 aromatic rings. The van der Waals surface area contributed by atoms with Crippen LogP contribution in [-0.2, 0) is 0 Å². The zero-order valence-electron chi connectivity index (χ0n) is 21.0. The highest BCUT2D eigenvalue weighted by molar-refractivity contribution is 6.10. The van der Waals surface area contributed by atoms with E-state index in [4.69, 9.17) is 28.4 Å². The molecular formula is C28H28O8. The number of allylic oxidation sites excluding steroid dienone is 1. The van der Waals surface area contributed by atoms with Gasteiger partial charge in [-0.25, -0.2) is 0 Å². The lowest BCUT2D eigenvalue weighted by atomic mass is 9.99. The highest BCUT2D eigenvalue weighted by Gasteiger charge is 2.19. The first-order valence-corrected chi connectivity index (χ1v) is 10.9. The van der Waals surface area contributed by atoms with Gasteiger partial charge in [-0.3, -0.25) is 9.59 Å². The minimum Gasteiger partial charge on any atom is -0.496 e. The molecule has 0 radical (unpaired) electrons. The molecular weight excluding hydrogens is 464 g/mol. The van der Waals surface area contributed by atoms with E-state index in [0.717, 1.165) is 0 Å². The molecule has 0 spiro atoms. The van der Waals surface area contributed by atoms with E-state index in [9.17, 15) is 9.59 Å². The third-order valence-electron chi connectivity index (χ3n) is 5.50. The van der Waals surface area contributed by atoms with Gasteiger partial charge in [-0.05, 0) is 60.7 Å². The van der Waals surface area contributed by atoms with Crippen molar-refractivity contribution in [1.29, 1.82) is 0 Å². The lowest BCUT2D eigenvalue weighted by Crippen LogP contribution is -2.05. The van der Waals surface area contributed by atoms with Crippen LogP contribution in [0, 0.1) is 0 Å². The van der Waals surface area contributed by atoms with Crippen molar-refractivity contribution in [2.75, 3.05) is 42.7 Å². The first-order chi connectivity index (χ1) is 17.4. The predicted octanol–water partition coefficient (Wildman–Crippen LogP) is 4.87. The van der Waals surface area contributed by atoms with Crippen LogP contribution >= 0.6 is 0 Å².